The minimum atomic E-state index is -1.23. The predicted molar refractivity (Wildman–Crippen MR) is 84.9 cm³/mol. The standard InChI is InChI=1S/C13H23N5O3.ClH/c1-10(15)17-8-3-2-5-13(16,6-4-7-14)12(21)18-9-11(19)20;/h2-6,8-9,16H2,1H3,(H2,15,17)(H,18,21)(H,19,20);1H. The van der Waals surface area contributed by atoms with Crippen LogP contribution in [-0.4, -0.2) is 41.4 Å². The molecule has 6 N–H and O–H groups in total. The summed E-state index contributed by atoms with van der Waals surface area (Å²) in [6.07, 6.45) is 2.05. The molecule has 8 nitrogen and oxygen atoms in total. The van der Waals surface area contributed by atoms with Gasteiger partial charge in [-0.3, -0.25) is 15.0 Å². The minimum Gasteiger partial charge on any atom is -0.480 e. The number of nitrogens with zero attached hydrogens (tertiary/aromatic N) is 1. The van der Waals surface area contributed by atoms with E-state index in [0.29, 0.717) is 25.2 Å². The second kappa shape index (κ2) is 11.8. The number of nitrogens with one attached hydrogen (secondary N) is 3. The van der Waals surface area contributed by atoms with Gasteiger partial charge in [-0.05, 0) is 32.6 Å². The van der Waals surface area contributed by atoms with E-state index in [9.17, 15) is 9.59 Å². The highest BCUT2D eigenvalue weighted by Crippen LogP contribution is 2.18. The summed E-state index contributed by atoms with van der Waals surface area (Å²) < 4.78 is 0. The number of amidine groups is 1. The number of hydrogen-bond acceptors (Lipinski definition) is 5. The molecule has 0 aromatic rings. The normalized spacial score (nSPS) is 12.2. The first-order valence-corrected chi connectivity index (χ1v) is 6.77. The van der Waals surface area contributed by atoms with Crippen LogP contribution in [0.1, 0.15) is 39.0 Å². The summed E-state index contributed by atoms with van der Waals surface area (Å²) in [7, 11) is 0. The number of aliphatic carboxylic acids is 1. The molecule has 1 amide bonds. The van der Waals surface area contributed by atoms with E-state index in [-0.39, 0.29) is 25.2 Å². The zero-order chi connectivity index (χ0) is 16.3. The highest BCUT2D eigenvalue weighted by molar-refractivity contribution is 5.88. The summed E-state index contributed by atoms with van der Waals surface area (Å²) in [4.78, 5) is 22.5. The number of unbranched alkanes of at least 4 members (excludes halogenated alkanes) is 1. The van der Waals surface area contributed by atoms with Gasteiger partial charge in [-0.1, -0.05) is 0 Å². The molecule has 0 saturated carbocycles. The van der Waals surface area contributed by atoms with Gasteiger partial charge in [0.15, 0.2) is 0 Å². The zero-order valence-corrected chi connectivity index (χ0v) is 13.5. The Hall–Kier alpha value is -1.85. The lowest BCUT2D eigenvalue weighted by atomic mass is 9.88. The minimum absolute atomic E-state index is 0. The van der Waals surface area contributed by atoms with E-state index in [0.717, 1.165) is 6.42 Å². The molecule has 22 heavy (non-hydrogen) atoms. The van der Waals surface area contributed by atoms with E-state index in [1.54, 1.807) is 6.92 Å². The summed E-state index contributed by atoms with van der Waals surface area (Å²) in [6, 6.07) is 1.94. The third-order valence-electron chi connectivity index (χ3n) is 2.98. The molecular formula is C13H24ClN5O3. The van der Waals surface area contributed by atoms with Crippen molar-refractivity contribution in [1.82, 2.24) is 10.6 Å². The highest BCUT2D eigenvalue weighted by Gasteiger charge is 2.33. The van der Waals surface area contributed by atoms with Crippen LogP contribution in [0.3, 0.4) is 0 Å². The number of rotatable bonds is 10. The summed E-state index contributed by atoms with van der Waals surface area (Å²) in [5.74, 6) is -1.31. The van der Waals surface area contributed by atoms with E-state index < -0.39 is 24.0 Å². The monoisotopic (exact) mass is 333 g/mol. The van der Waals surface area contributed by atoms with Crippen LogP contribution in [0.25, 0.3) is 0 Å². The third-order valence-corrected chi connectivity index (χ3v) is 2.98. The molecule has 0 saturated heterocycles. The Labute approximate surface area is 136 Å². The smallest absolute Gasteiger partial charge is 0.322 e. The second-order valence-corrected chi connectivity index (χ2v) is 4.90. The molecule has 0 aromatic heterocycles. The van der Waals surface area contributed by atoms with E-state index in [2.05, 4.69) is 10.6 Å². The molecule has 0 rings (SSSR count). The first kappa shape index (κ1) is 22.4. The number of carbonyl (C=O) groups is 2. The lowest BCUT2D eigenvalue weighted by Crippen LogP contribution is -2.54. The van der Waals surface area contributed by atoms with Gasteiger partial charge in [0, 0.05) is 13.0 Å². The maximum Gasteiger partial charge on any atom is 0.322 e. The van der Waals surface area contributed by atoms with Gasteiger partial charge < -0.3 is 21.5 Å². The number of carbonyl (C=O) groups excluding carboxylic acids is 1. The summed E-state index contributed by atoms with van der Waals surface area (Å²) in [6.45, 7) is 1.76. The molecule has 9 heteroatoms. The molecule has 0 aromatic carbocycles. The number of nitriles is 1. The van der Waals surface area contributed by atoms with E-state index >= 15 is 0 Å². The molecule has 0 heterocycles. The number of carboxylic acid groups (broad SMARTS) is 1. The maximum absolute atomic E-state index is 12.0. The Balaban J connectivity index is 0. The van der Waals surface area contributed by atoms with Crippen LogP contribution < -0.4 is 16.4 Å². The van der Waals surface area contributed by atoms with Crippen LogP contribution in [0.4, 0.5) is 0 Å². The number of carboxylic acids is 1. The van der Waals surface area contributed by atoms with Crippen molar-refractivity contribution in [3.8, 4) is 6.07 Å². The topological polar surface area (TPSA) is 152 Å². The van der Waals surface area contributed by atoms with Crippen molar-refractivity contribution in [3.05, 3.63) is 0 Å². The van der Waals surface area contributed by atoms with E-state index in [1.165, 1.54) is 0 Å². The molecule has 1 unspecified atom stereocenters. The Morgan fingerprint density at radius 3 is 2.45 bits per heavy atom. The quantitative estimate of drug-likeness (QED) is 0.221. The van der Waals surface area contributed by atoms with E-state index in [1.807, 2.05) is 6.07 Å². The average Bonchev–Trinajstić information content (AvgIpc) is 2.41. The third kappa shape index (κ3) is 9.96. The Morgan fingerprint density at radius 1 is 1.32 bits per heavy atom. The number of hydrogen-bond donors (Lipinski definition) is 5. The largest absolute Gasteiger partial charge is 0.480 e. The van der Waals surface area contributed by atoms with Crippen LogP contribution in [0, 0.1) is 16.7 Å². The van der Waals surface area contributed by atoms with Crippen molar-refractivity contribution in [2.75, 3.05) is 13.1 Å². The molecule has 126 valence electrons. The SMILES string of the molecule is CC(=N)NCCCCC(N)(CCC#N)C(=O)NCC(=O)O.Cl. The number of halogens is 1. The lowest BCUT2D eigenvalue weighted by Gasteiger charge is -2.27. The Morgan fingerprint density at radius 2 is 1.95 bits per heavy atom. The van der Waals surface area contributed by atoms with Crippen LogP contribution in [0.2, 0.25) is 0 Å². The van der Waals surface area contributed by atoms with Crippen LogP contribution in [-0.2, 0) is 9.59 Å². The second-order valence-electron chi connectivity index (χ2n) is 4.90. The summed E-state index contributed by atoms with van der Waals surface area (Å²) in [5.41, 5.74) is 4.81. The summed E-state index contributed by atoms with van der Waals surface area (Å²) >= 11 is 0. The lowest BCUT2D eigenvalue weighted by molar-refractivity contribution is -0.139. The molecule has 0 bridgehead atoms. The molecule has 0 aliphatic heterocycles. The van der Waals surface area contributed by atoms with Crippen LogP contribution >= 0.6 is 12.4 Å². The van der Waals surface area contributed by atoms with Crippen LogP contribution in [0.5, 0.6) is 0 Å². The fourth-order valence-corrected chi connectivity index (χ4v) is 1.80. The zero-order valence-electron chi connectivity index (χ0n) is 12.6. The van der Waals surface area contributed by atoms with Crippen molar-refractivity contribution in [2.45, 2.75) is 44.6 Å². The molecule has 0 fully saturated rings. The van der Waals surface area contributed by atoms with Crippen molar-refractivity contribution >= 4 is 30.1 Å². The maximum atomic E-state index is 12.0. The van der Waals surface area contributed by atoms with Gasteiger partial charge in [0.1, 0.15) is 6.54 Å². The predicted octanol–water partition coefficient (Wildman–Crippen LogP) is 0.367. The molecular weight excluding hydrogens is 310 g/mol. The highest BCUT2D eigenvalue weighted by atomic mass is 35.5. The van der Waals surface area contributed by atoms with Gasteiger partial charge in [-0.2, -0.15) is 5.26 Å². The molecule has 0 aliphatic rings. The molecule has 0 radical (unpaired) electrons. The van der Waals surface area contributed by atoms with Gasteiger partial charge in [0.2, 0.25) is 5.91 Å². The first-order valence-electron chi connectivity index (χ1n) is 6.77. The fraction of sp³-hybridized carbons (Fsp3) is 0.692. The number of nitrogens with two attached hydrogens (primary N) is 1. The van der Waals surface area contributed by atoms with Crippen molar-refractivity contribution < 1.29 is 14.7 Å². The average molecular weight is 334 g/mol. The van der Waals surface area contributed by atoms with Crippen molar-refractivity contribution in [1.29, 1.82) is 10.7 Å². The van der Waals surface area contributed by atoms with Crippen molar-refractivity contribution in [2.24, 2.45) is 5.73 Å². The van der Waals surface area contributed by atoms with Gasteiger partial charge in [-0.25, -0.2) is 0 Å². The first-order chi connectivity index (χ1) is 9.81. The van der Waals surface area contributed by atoms with Crippen LogP contribution in [0.15, 0.2) is 0 Å². The van der Waals surface area contributed by atoms with Gasteiger partial charge >= 0.3 is 5.97 Å². The van der Waals surface area contributed by atoms with E-state index in [4.69, 9.17) is 21.5 Å². The summed E-state index contributed by atoms with van der Waals surface area (Å²) in [5, 5.41) is 29.5. The molecule has 0 spiro atoms. The molecule has 0 aliphatic carbocycles. The van der Waals surface area contributed by atoms with Gasteiger partial charge in [0.05, 0.1) is 17.4 Å². The van der Waals surface area contributed by atoms with Gasteiger partial charge in [-0.15, -0.1) is 12.4 Å². The van der Waals surface area contributed by atoms with Gasteiger partial charge in [0.25, 0.3) is 0 Å². The van der Waals surface area contributed by atoms with Crippen molar-refractivity contribution in [3.63, 3.8) is 0 Å². The molecule has 1 atom stereocenters. The Kier molecular flexibility index (Phi) is 12.0. The fourth-order valence-electron chi connectivity index (χ4n) is 1.80. The number of amides is 1. The Bertz CT molecular complexity index is 424.